The first-order chi connectivity index (χ1) is 8.75. The first-order valence-corrected chi connectivity index (χ1v) is 6.80. The number of aliphatic carboxylic acids is 1. The molecule has 1 aromatic carbocycles. The summed E-state index contributed by atoms with van der Waals surface area (Å²) < 4.78 is 0. The van der Waals surface area contributed by atoms with Crippen molar-refractivity contribution in [2.24, 2.45) is 5.92 Å². The van der Waals surface area contributed by atoms with Gasteiger partial charge in [-0.1, -0.05) is 24.3 Å². The van der Waals surface area contributed by atoms with Gasteiger partial charge in [0.15, 0.2) is 0 Å². The van der Waals surface area contributed by atoms with Gasteiger partial charge in [0.05, 0.1) is 5.92 Å². The number of carboxylic acids is 1. The first kappa shape index (κ1) is 11.7. The number of fused-ring (bicyclic) bond motifs is 1. The summed E-state index contributed by atoms with van der Waals surface area (Å²) in [5.41, 5.74) is 2.88. The summed E-state index contributed by atoms with van der Waals surface area (Å²) in [5, 5.41) is 9.10. The van der Waals surface area contributed by atoms with Crippen molar-refractivity contribution in [1.29, 1.82) is 0 Å². The Kier molecular flexibility index (Phi) is 3.08. The summed E-state index contributed by atoms with van der Waals surface area (Å²) in [7, 11) is 0. The van der Waals surface area contributed by atoms with E-state index >= 15 is 0 Å². The van der Waals surface area contributed by atoms with E-state index in [0.29, 0.717) is 12.6 Å². The van der Waals surface area contributed by atoms with Crippen molar-refractivity contribution >= 4 is 5.97 Å². The van der Waals surface area contributed by atoms with Gasteiger partial charge in [-0.25, -0.2) is 0 Å². The lowest BCUT2D eigenvalue weighted by Gasteiger charge is -2.33. The van der Waals surface area contributed by atoms with Crippen LogP contribution in [0.15, 0.2) is 24.3 Å². The third kappa shape index (κ3) is 2.03. The maximum absolute atomic E-state index is 11.0. The Balaban J connectivity index is 1.80. The van der Waals surface area contributed by atoms with Crippen molar-refractivity contribution in [3.8, 4) is 0 Å². The van der Waals surface area contributed by atoms with E-state index in [2.05, 4.69) is 29.2 Å². The largest absolute Gasteiger partial charge is 0.481 e. The molecule has 1 aliphatic heterocycles. The van der Waals surface area contributed by atoms with Crippen LogP contribution in [0.5, 0.6) is 0 Å². The Hall–Kier alpha value is -1.35. The van der Waals surface area contributed by atoms with E-state index in [0.717, 1.165) is 13.0 Å². The van der Waals surface area contributed by atoms with Gasteiger partial charge >= 0.3 is 5.97 Å². The highest BCUT2D eigenvalue weighted by molar-refractivity contribution is 5.70. The molecule has 3 nitrogen and oxygen atoms in total. The van der Waals surface area contributed by atoms with Crippen molar-refractivity contribution in [3.63, 3.8) is 0 Å². The minimum atomic E-state index is -0.637. The number of benzene rings is 1. The molecule has 1 heterocycles. The van der Waals surface area contributed by atoms with Gasteiger partial charge < -0.3 is 5.11 Å². The number of hydrogen-bond acceptors (Lipinski definition) is 2. The lowest BCUT2D eigenvalue weighted by atomic mass is 9.87. The van der Waals surface area contributed by atoms with Crippen LogP contribution in [-0.4, -0.2) is 29.1 Å². The van der Waals surface area contributed by atoms with Crippen LogP contribution in [0.4, 0.5) is 0 Å². The number of likely N-dealkylation sites (tertiary alicyclic amines) is 1. The predicted octanol–water partition coefficient (Wildman–Crippen LogP) is 2.47. The lowest BCUT2D eigenvalue weighted by molar-refractivity contribution is -0.141. The van der Waals surface area contributed by atoms with E-state index in [1.54, 1.807) is 0 Å². The molecule has 96 valence electrons. The normalized spacial score (nSPS) is 28.0. The summed E-state index contributed by atoms with van der Waals surface area (Å²) in [4.78, 5) is 13.4. The second-order valence-electron chi connectivity index (χ2n) is 5.43. The molecule has 18 heavy (non-hydrogen) atoms. The molecule has 1 aromatic rings. The maximum Gasteiger partial charge on any atom is 0.307 e. The van der Waals surface area contributed by atoms with Crippen LogP contribution in [0.25, 0.3) is 0 Å². The highest BCUT2D eigenvalue weighted by Gasteiger charge is 2.34. The SMILES string of the molecule is O=C(O)[C@@H]1CCN([C@@H]2CCCc3ccccc32)C1. The van der Waals surface area contributed by atoms with Crippen LogP contribution in [0, 0.1) is 5.92 Å². The van der Waals surface area contributed by atoms with Crippen molar-refractivity contribution < 1.29 is 9.90 Å². The van der Waals surface area contributed by atoms with Gasteiger partial charge in [0, 0.05) is 12.6 Å². The average molecular weight is 245 g/mol. The quantitative estimate of drug-likeness (QED) is 0.870. The molecule has 0 amide bonds. The van der Waals surface area contributed by atoms with Gasteiger partial charge in [-0.05, 0) is 43.4 Å². The Morgan fingerprint density at radius 2 is 2.11 bits per heavy atom. The Bertz CT molecular complexity index is 458. The zero-order chi connectivity index (χ0) is 12.5. The monoisotopic (exact) mass is 245 g/mol. The molecule has 0 spiro atoms. The summed E-state index contributed by atoms with van der Waals surface area (Å²) in [5.74, 6) is -0.805. The van der Waals surface area contributed by atoms with Crippen LogP contribution >= 0.6 is 0 Å². The zero-order valence-electron chi connectivity index (χ0n) is 10.5. The number of nitrogens with zero attached hydrogens (tertiary/aromatic N) is 1. The zero-order valence-corrected chi connectivity index (χ0v) is 10.5. The first-order valence-electron chi connectivity index (χ1n) is 6.80. The van der Waals surface area contributed by atoms with Crippen LogP contribution in [-0.2, 0) is 11.2 Å². The van der Waals surface area contributed by atoms with Gasteiger partial charge in [-0.3, -0.25) is 9.69 Å². The van der Waals surface area contributed by atoms with E-state index in [9.17, 15) is 4.79 Å². The number of rotatable bonds is 2. The van der Waals surface area contributed by atoms with Crippen LogP contribution in [0.3, 0.4) is 0 Å². The van der Waals surface area contributed by atoms with Gasteiger partial charge in [-0.2, -0.15) is 0 Å². The third-order valence-electron chi connectivity index (χ3n) is 4.35. The molecule has 1 saturated heterocycles. The molecular formula is C15H19NO2. The standard InChI is InChI=1S/C15H19NO2/c17-15(18)12-8-9-16(10-12)14-7-3-5-11-4-1-2-6-13(11)14/h1-2,4,6,12,14H,3,5,7-10H2,(H,17,18)/t12-,14-/m1/s1. The molecule has 0 aromatic heterocycles. The van der Waals surface area contributed by atoms with Crippen molar-refractivity contribution in [2.45, 2.75) is 31.7 Å². The Morgan fingerprint density at radius 1 is 1.28 bits per heavy atom. The number of carboxylic acid groups (broad SMARTS) is 1. The molecule has 3 heteroatoms. The maximum atomic E-state index is 11.0. The number of carbonyl (C=O) groups is 1. The van der Waals surface area contributed by atoms with Crippen LogP contribution in [0.2, 0.25) is 0 Å². The van der Waals surface area contributed by atoms with Crippen molar-refractivity contribution in [2.75, 3.05) is 13.1 Å². The summed E-state index contributed by atoms with van der Waals surface area (Å²) in [6, 6.07) is 9.08. The molecule has 1 aliphatic carbocycles. The lowest BCUT2D eigenvalue weighted by Crippen LogP contribution is -2.30. The smallest absolute Gasteiger partial charge is 0.307 e. The fourth-order valence-corrected chi connectivity index (χ4v) is 3.38. The second-order valence-corrected chi connectivity index (χ2v) is 5.43. The minimum Gasteiger partial charge on any atom is -0.481 e. The second kappa shape index (κ2) is 4.73. The van der Waals surface area contributed by atoms with Crippen LogP contribution in [0.1, 0.15) is 36.4 Å². The van der Waals surface area contributed by atoms with E-state index in [4.69, 9.17) is 5.11 Å². The highest BCUT2D eigenvalue weighted by Crippen LogP contribution is 2.36. The predicted molar refractivity (Wildman–Crippen MR) is 69.4 cm³/mol. The topological polar surface area (TPSA) is 40.5 Å². The summed E-state index contributed by atoms with van der Waals surface area (Å²) >= 11 is 0. The molecule has 1 N–H and O–H groups in total. The molecule has 0 unspecified atom stereocenters. The minimum absolute atomic E-state index is 0.168. The molecule has 0 saturated carbocycles. The summed E-state index contributed by atoms with van der Waals surface area (Å²) in [6.45, 7) is 1.64. The van der Waals surface area contributed by atoms with Gasteiger partial charge in [0.2, 0.25) is 0 Å². The van der Waals surface area contributed by atoms with E-state index in [-0.39, 0.29) is 5.92 Å². The fourth-order valence-electron chi connectivity index (χ4n) is 3.38. The van der Waals surface area contributed by atoms with Crippen molar-refractivity contribution in [3.05, 3.63) is 35.4 Å². The highest BCUT2D eigenvalue weighted by atomic mass is 16.4. The van der Waals surface area contributed by atoms with E-state index < -0.39 is 5.97 Å². The molecule has 3 rings (SSSR count). The molecule has 0 radical (unpaired) electrons. The van der Waals surface area contributed by atoms with Gasteiger partial charge in [0.1, 0.15) is 0 Å². The molecule has 0 bridgehead atoms. The van der Waals surface area contributed by atoms with E-state index in [1.165, 1.54) is 30.4 Å². The van der Waals surface area contributed by atoms with Gasteiger partial charge in [-0.15, -0.1) is 0 Å². The fraction of sp³-hybridized carbons (Fsp3) is 0.533. The average Bonchev–Trinajstić information content (AvgIpc) is 2.87. The number of hydrogen-bond donors (Lipinski definition) is 1. The summed E-state index contributed by atoms with van der Waals surface area (Å²) in [6.07, 6.45) is 4.36. The molecule has 1 fully saturated rings. The number of aryl methyl sites for hydroxylation is 1. The third-order valence-corrected chi connectivity index (χ3v) is 4.35. The molecule has 2 atom stereocenters. The van der Waals surface area contributed by atoms with Gasteiger partial charge in [0.25, 0.3) is 0 Å². The Labute approximate surface area is 107 Å². The van der Waals surface area contributed by atoms with Crippen LogP contribution < -0.4 is 0 Å². The molecule has 2 aliphatic rings. The Morgan fingerprint density at radius 3 is 2.89 bits per heavy atom. The van der Waals surface area contributed by atoms with Crippen molar-refractivity contribution in [1.82, 2.24) is 4.90 Å². The molecular weight excluding hydrogens is 226 g/mol. The van der Waals surface area contributed by atoms with E-state index in [1.807, 2.05) is 0 Å².